The highest BCUT2D eigenvalue weighted by atomic mass is 16.4. The molecule has 1 atom stereocenters. The molecule has 1 N–H and O–H groups in total. The van der Waals surface area contributed by atoms with Crippen LogP contribution < -0.4 is 4.90 Å². The first kappa shape index (κ1) is 12.6. The SMILES string of the molecule is C[C@H]1CCN(c2ccc3nccc(C(=O)O)c3c2)C1=O. The maximum absolute atomic E-state index is 12.1. The maximum atomic E-state index is 12.1. The van der Waals surface area contributed by atoms with Crippen molar-refractivity contribution in [2.45, 2.75) is 13.3 Å². The average molecular weight is 270 g/mol. The van der Waals surface area contributed by atoms with Gasteiger partial charge in [0, 0.05) is 29.7 Å². The summed E-state index contributed by atoms with van der Waals surface area (Å²) in [5.74, 6) is -0.876. The Bertz CT molecular complexity index is 711. The number of amides is 1. The van der Waals surface area contributed by atoms with Gasteiger partial charge in [0.2, 0.25) is 5.91 Å². The maximum Gasteiger partial charge on any atom is 0.336 e. The monoisotopic (exact) mass is 270 g/mol. The topological polar surface area (TPSA) is 70.5 Å². The fourth-order valence-electron chi connectivity index (χ4n) is 2.57. The molecule has 0 saturated carbocycles. The van der Waals surface area contributed by atoms with E-state index in [1.54, 1.807) is 17.0 Å². The van der Waals surface area contributed by atoms with E-state index in [2.05, 4.69) is 4.98 Å². The Morgan fingerprint density at radius 1 is 1.40 bits per heavy atom. The summed E-state index contributed by atoms with van der Waals surface area (Å²) >= 11 is 0. The summed E-state index contributed by atoms with van der Waals surface area (Å²) in [5.41, 5.74) is 1.56. The van der Waals surface area contributed by atoms with Crippen molar-refractivity contribution in [3.8, 4) is 0 Å². The molecule has 1 aliphatic heterocycles. The number of carboxylic acids is 1. The lowest BCUT2D eigenvalue weighted by Gasteiger charge is -2.17. The summed E-state index contributed by atoms with van der Waals surface area (Å²) in [6, 6.07) is 6.79. The fourth-order valence-corrected chi connectivity index (χ4v) is 2.57. The smallest absolute Gasteiger partial charge is 0.336 e. The molecular weight excluding hydrogens is 256 g/mol. The molecule has 1 aliphatic rings. The number of aromatic nitrogens is 1. The molecule has 1 fully saturated rings. The van der Waals surface area contributed by atoms with Crippen LogP contribution in [0.25, 0.3) is 10.9 Å². The van der Waals surface area contributed by atoms with Crippen molar-refractivity contribution in [3.63, 3.8) is 0 Å². The molecule has 0 unspecified atom stereocenters. The lowest BCUT2D eigenvalue weighted by atomic mass is 10.1. The summed E-state index contributed by atoms with van der Waals surface area (Å²) in [4.78, 5) is 29.2. The molecule has 0 spiro atoms. The molecule has 1 saturated heterocycles. The van der Waals surface area contributed by atoms with Crippen LogP contribution in [0.1, 0.15) is 23.7 Å². The van der Waals surface area contributed by atoms with Gasteiger partial charge in [0.15, 0.2) is 0 Å². The van der Waals surface area contributed by atoms with E-state index in [-0.39, 0.29) is 17.4 Å². The Kier molecular flexibility index (Phi) is 2.89. The molecule has 2 aromatic rings. The molecule has 3 rings (SSSR count). The highest BCUT2D eigenvalue weighted by Gasteiger charge is 2.29. The lowest BCUT2D eigenvalue weighted by molar-refractivity contribution is -0.119. The van der Waals surface area contributed by atoms with E-state index in [4.69, 9.17) is 0 Å². The van der Waals surface area contributed by atoms with Crippen LogP contribution in [0.15, 0.2) is 30.5 Å². The van der Waals surface area contributed by atoms with Crippen molar-refractivity contribution < 1.29 is 14.7 Å². The van der Waals surface area contributed by atoms with E-state index in [1.807, 2.05) is 13.0 Å². The standard InChI is InChI=1S/C15H14N2O3/c1-9-5-7-17(14(9)18)10-2-3-13-12(8-10)11(15(19)20)4-6-16-13/h2-4,6,8-9H,5,7H2,1H3,(H,19,20)/t9-/m0/s1. The van der Waals surface area contributed by atoms with Crippen molar-refractivity contribution >= 4 is 28.5 Å². The number of aromatic carboxylic acids is 1. The fraction of sp³-hybridized carbons (Fsp3) is 0.267. The molecular formula is C15H14N2O3. The minimum absolute atomic E-state index is 0.0264. The second-order valence-corrected chi connectivity index (χ2v) is 5.04. The van der Waals surface area contributed by atoms with Gasteiger partial charge >= 0.3 is 5.97 Å². The Labute approximate surface area is 115 Å². The zero-order valence-corrected chi connectivity index (χ0v) is 11.0. The molecule has 2 heterocycles. The van der Waals surface area contributed by atoms with Gasteiger partial charge in [-0.15, -0.1) is 0 Å². The van der Waals surface area contributed by atoms with Crippen molar-refractivity contribution in [2.75, 3.05) is 11.4 Å². The van der Waals surface area contributed by atoms with E-state index in [0.29, 0.717) is 17.4 Å². The number of nitrogens with zero attached hydrogens (tertiary/aromatic N) is 2. The first-order chi connectivity index (χ1) is 9.58. The van der Waals surface area contributed by atoms with Crippen LogP contribution in [0.3, 0.4) is 0 Å². The molecule has 0 radical (unpaired) electrons. The molecule has 1 amide bonds. The quantitative estimate of drug-likeness (QED) is 0.909. The Morgan fingerprint density at radius 3 is 2.85 bits per heavy atom. The summed E-state index contributed by atoms with van der Waals surface area (Å²) < 4.78 is 0. The van der Waals surface area contributed by atoms with Crippen LogP contribution >= 0.6 is 0 Å². The molecule has 20 heavy (non-hydrogen) atoms. The normalized spacial score (nSPS) is 18.8. The molecule has 5 nitrogen and oxygen atoms in total. The van der Waals surface area contributed by atoms with Gasteiger partial charge in [0.1, 0.15) is 0 Å². The zero-order chi connectivity index (χ0) is 14.3. The van der Waals surface area contributed by atoms with Gasteiger partial charge in [-0.1, -0.05) is 6.92 Å². The number of hydrogen-bond acceptors (Lipinski definition) is 3. The van der Waals surface area contributed by atoms with Crippen LogP contribution in [0, 0.1) is 5.92 Å². The largest absolute Gasteiger partial charge is 0.478 e. The molecule has 1 aromatic carbocycles. The number of rotatable bonds is 2. The molecule has 102 valence electrons. The number of carbonyl (C=O) groups is 2. The third kappa shape index (κ3) is 1.91. The van der Waals surface area contributed by atoms with Gasteiger partial charge in [0.25, 0.3) is 0 Å². The minimum atomic E-state index is -0.990. The van der Waals surface area contributed by atoms with E-state index in [9.17, 15) is 14.7 Å². The van der Waals surface area contributed by atoms with Gasteiger partial charge in [0.05, 0.1) is 11.1 Å². The summed E-state index contributed by atoms with van der Waals surface area (Å²) in [6.07, 6.45) is 2.31. The lowest BCUT2D eigenvalue weighted by Crippen LogP contribution is -2.26. The first-order valence-corrected chi connectivity index (χ1v) is 6.51. The van der Waals surface area contributed by atoms with Gasteiger partial charge in [-0.2, -0.15) is 0 Å². The Balaban J connectivity index is 2.13. The number of fused-ring (bicyclic) bond motifs is 1. The van der Waals surface area contributed by atoms with Crippen molar-refractivity contribution in [2.24, 2.45) is 5.92 Å². The third-order valence-electron chi connectivity index (χ3n) is 3.74. The second-order valence-electron chi connectivity index (χ2n) is 5.04. The van der Waals surface area contributed by atoms with E-state index >= 15 is 0 Å². The predicted octanol–water partition coefficient (Wildman–Crippen LogP) is 2.31. The van der Waals surface area contributed by atoms with Gasteiger partial charge in [-0.25, -0.2) is 4.79 Å². The third-order valence-corrected chi connectivity index (χ3v) is 3.74. The number of carboxylic acid groups (broad SMARTS) is 1. The van der Waals surface area contributed by atoms with Crippen molar-refractivity contribution in [1.82, 2.24) is 4.98 Å². The van der Waals surface area contributed by atoms with Crippen LogP contribution in [0.5, 0.6) is 0 Å². The average Bonchev–Trinajstić information content (AvgIpc) is 2.77. The Hall–Kier alpha value is -2.43. The minimum Gasteiger partial charge on any atom is -0.478 e. The van der Waals surface area contributed by atoms with Crippen LogP contribution in [0.2, 0.25) is 0 Å². The summed E-state index contributed by atoms with van der Waals surface area (Å²) in [5, 5.41) is 9.78. The number of hydrogen-bond donors (Lipinski definition) is 1. The highest BCUT2D eigenvalue weighted by molar-refractivity contribution is 6.05. The molecule has 5 heteroatoms. The van der Waals surface area contributed by atoms with Gasteiger partial charge in [-0.05, 0) is 30.7 Å². The summed E-state index contributed by atoms with van der Waals surface area (Å²) in [7, 11) is 0. The predicted molar refractivity (Wildman–Crippen MR) is 74.8 cm³/mol. The van der Waals surface area contributed by atoms with Crippen LogP contribution in [-0.4, -0.2) is 28.5 Å². The van der Waals surface area contributed by atoms with Gasteiger partial charge < -0.3 is 10.0 Å². The van der Waals surface area contributed by atoms with E-state index in [1.165, 1.54) is 12.3 Å². The Morgan fingerprint density at radius 2 is 2.20 bits per heavy atom. The number of anilines is 1. The molecule has 0 aliphatic carbocycles. The number of benzene rings is 1. The molecule has 0 bridgehead atoms. The zero-order valence-electron chi connectivity index (χ0n) is 11.0. The van der Waals surface area contributed by atoms with E-state index < -0.39 is 5.97 Å². The van der Waals surface area contributed by atoms with Crippen LogP contribution in [-0.2, 0) is 4.79 Å². The number of carbonyl (C=O) groups excluding carboxylic acids is 1. The van der Waals surface area contributed by atoms with Gasteiger partial charge in [-0.3, -0.25) is 9.78 Å². The van der Waals surface area contributed by atoms with E-state index in [0.717, 1.165) is 12.1 Å². The first-order valence-electron chi connectivity index (χ1n) is 6.51. The van der Waals surface area contributed by atoms with Crippen molar-refractivity contribution in [1.29, 1.82) is 0 Å². The van der Waals surface area contributed by atoms with Crippen molar-refractivity contribution in [3.05, 3.63) is 36.0 Å². The molecule has 1 aromatic heterocycles. The second kappa shape index (κ2) is 4.59. The highest BCUT2D eigenvalue weighted by Crippen LogP contribution is 2.28. The van der Waals surface area contributed by atoms with Crippen LogP contribution in [0.4, 0.5) is 5.69 Å². The summed E-state index contributed by atoms with van der Waals surface area (Å²) in [6.45, 7) is 2.59. The number of pyridine rings is 1.